The molecular weight excluding hydrogens is 277 g/mol. The van der Waals surface area contributed by atoms with Crippen molar-refractivity contribution in [3.63, 3.8) is 0 Å². The van der Waals surface area contributed by atoms with Crippen LogP contribution in [0.5, 0.6) is 0 Å². The summed E-state index contributed by atoms with van der Waals surface area (Å²) < 4.78 is 14.2. The number of aromatic nitrogens is 1. The van der Waals surface area contributed by atoms with E-state index in [2.05, 4.69) is 20.9 Å². The minimum Gasteiger partial charge on any atom is -0.359 e. The Bertz CT molecular complexity index is 603. The molecule has 0 saturated carbocycles. The molecule has 0 aliphatic rings. The first kappa shape index (κ1) is 11.0. The number of benzene rings is 1. The third-order valence-corrected chi connectivity index (χ3v) is 2.96. The molecule has 0 bridgehead atoms. The normalized spacial score (nSPS) is 10.7. The molecule has 1 N–H and O–H groups in total. The Balaban J connectivity index is 2.78. The molecule has 0 atom stereocenters. The van der Waals surface area contributed by atoms with Gasteiger partial charge in [0.1, 0.15) is 5.82 Å². The monoisotopic (exact) mass is 283 g/mol. The molecule has 82 valence electrons. The van der Waals surface area contributed by atoms with E-state index in [-0.39, 0.29) is 10.9 Å². The van der Waals surface area contributed by atoms with Gasteiger partial charge in [0.15, 0.2) is 5.78 Å². The minimum absolute atomic E-state index is 0.0706. The van der Waals surface area contributed by atoms with E-state index in [1.54, 1.807) is 0 Å². The lowest BCUT2D eigenvalue weighted by molar-refractivity contribution is -0.113. The Morgan fingerprint density at radius 1 is 1.38 bits per heavy atom. The van der Waals surface area contributed by atoms with Crippen molar-refractivity contribution in [1.29, 1.82) is 0 Å². The van der Waals surface area contributed by atoms with Gasteiger partial charge >= 0.3 is 0 Å². The summed E-state index contributed by atoms with van der Waals surface area (Å²) >= 11 is 3.24. The lowest BCUT2D eigenvalue weighted by Crippen LogP contribution is -2.09. The van der Waals surface area contributed by atoms with E-state index in [4.69, 9.17) is 0 Å². The number of nitrogens with one attached hydrogen (secondary N) is 1. The number of rotatable bonds is 2. The smallest absolute Gasteiger partial charge is 0.230 e. The van der Waals surface area contributed by atoms with Gasteiger partial charge in [-0.3, -0.25) is 9.59 Å². The zero-order valence-corrected chi connectivity index (χ0v) is 9.89. The van der Waals surface area contributed by atoms with E-state index in [0.717, 1.165) is 6.92 Å². The highest BCUT2D eigenvalue weighted by Gasteiger charge is 2.19. The zero-order valence-electron chi connectivity index (χ0n) is 8.30. The summed E-state index contributed by atoms with van der Waals surface area (Å²) in [5.41, 5.74) is 0.547. The molecule has 2 rings (SSSR count). The molecule has 1 aromatic carbocycles. The molecule has 0 aliphatic carbocycles. The number of H-pyrrole nitrogens is 1. The number of Topliss-reactive ketones (excluding diaryl/α,β-unsaturated/α-hetero) is 2. The molecule has 0 amide bonds. The molecular formula is C11H7BrFNO2. The first-order chi connectivity index (χ1) is 7.52. The average Bonchev–Trinajstić information content (AvgIpc) is 2.67. The van der Waals surface area contributed by atoms with Crippen molar-refractivity contribution in [3.05, 3.63) is 34.2 Å². The number of halogens is 2. The lowest BCUT2D eigenvalue weighted by atomic mass is 10.1. The summed E-state index contributed by atoms with van der Waals surface area (Å²) in [7, 11) is 0. The van der Waals surface area contributed by atoms with Crippen molar-refractivity contribution >= 4 is 38.4 Å². The highest BCUT2D eigenvalue weighted by atomic mass is 79.9. The zero-order chi connectivity index (χ0) is 11.9. The topological polar surface area (TPSA) is 49.9 Å². The van der Waals surface area contributed by atoms with Gasteiger partial charge in [-0.25, -0.2) is 4.39 Å². The van der Waals surface area contributed by atoms with E-state index < -0.39 is 17.4 Å². The van der Waals surface area contributed by atoms with Crippen LogP contribution in [-0.2, 0) is 4.79 Å². The van der Waals surface area contributed by atoms with Gasteiger partial charge in [0.05, 0.1) is 11.1 Å². The molecule has 16 heavy (non-hydrogen) atoms. The number of ketones is 2. The molecule has 1 heterocycles. The van der Waals surface area contributed by atoms with Gasteiger partial charge in [0.2, 0.25) is 5.78 Å². The van der Waals surface area contributed by atoms with Crippen LogP contribution in [0.1, 0.15) is 17.3 Å². The van der Waals surface area contributed by atoms with Crippen molar-refractivity contribution in [2.24, 2.45) is 0 Å². The molecule has 0 unspecified atom stereocenters. The van der Waals surface area contributed by atoms with Gasteiger partial charge in [0, 0.05) is 23.0 Å². The van der Waals surface area contributed by atoms with E-state index in [9.17, 15) is 14.0 Å². The number of hydrogen-bond donors (Lipinski definition) is 1. The molecule has 0 spiro atoms. The van der Waals surface area contributed by atoms with E-state index >= 15 is 0 Å². The lowest BCUT2D eigenvalue weighted by Gasteiger charge is -1.98. The van der Waals surface area contributed by atoms with Crippen LogP contribution in [0.25, 0.3) is 10.9 Å². The number of carbonyl (C=O) groups is 2. The van der Waals surface area contributed by atoms with Gasteiger partial charge in [0.25, 0.3) is 0 Å². The molecule has 5 heteroatoms. The fourth-order valence-corrected chi connectivity index (χ4v) is 1.99. The predicted octanol–water partition coefficient (Wildman–Crippen LogP) is 2.84. The maximum Gasteiger partial charge on any atom is 0.230 e. The van der Waals surface area contributed by atoms with E-state index in [1.807, 2.05) is 0 Å². The van der Waals surface area contributed by atoms with Crippen LogP contribution >= 0.6 is 15.9 Å². The van der Waals surface area contributed by atoms with Crippen molar-refractivity contribution in [2.45, 2.75) is 6.92 Å². The van der Waals surface area contributed by atoms with Gasteiger partial charge in [-0.15, -0.1) is 0 Å². The molecule has 0 aliphatic heterocycles. The van der Waals surface area contributed by atoms with Gasteiger partial charge in [-0.05, 0) is 28.1 Å². The molecule has 0 radical (unpaired) electrons. The summed E-state index contributed by atoms with van der Waals surface area (Å²) in [5, 5.41) is 0.148. The van der Waals surface area contributed by atoms with Crippen LogP contribution in [0.3, 0.4) is 0 Å². The Morgan fingerprint density at radius 2 is 2.06 bits per heavy atom. The molecule has 0 fully saturated rings. The number of carbonyl (C=O) groups excluding carboxylic acids is 2. The van der Waals surface area contributed by atoms with E-state index in [0.29, 0.717) is 9.99 Å². The van der Waals surface area contributed by atoms with Gasteiger partial charge in [-0.1, -0.05) is 0 Å². The second kappa shape index (κ2) is 3.83. The molecule has 3 nitrogen and oxygen atoms in total. The van der Waals surface area contributed by atoms with Crippen LogP contribution in [0.4, 0.5) is 4.39 Å². The SMILES string of the molecule is CC(=O)C(=O)c1c[nH]c2c(Br)ccc(F)c12. The van der Waals surface area contributed by atoms with Crippen LogP contribution in [0.2, 0.25) is 0 Å². The second-order valence-electron chi connectivity index (χ2n) is 3.37. The van der Waals surface area contributed by atoms with Crippen LogP contribution in [0, 0.1) is 5.82 Å². The standard InChI is InChI=1S/C11H7BrFNO2/c1-5(15)11(16)6-4-14-10-7(12)2-3-8(13)9(6)10/h2-4,14H,1H3. The third kappa shape index (κ3) is 1.57. The summed E-state index contributed by atoms with van der Waals surface area (Å²) in [6.07, 6.45) is 1.35. The second-order valence-corrected chi connectivity index (χ2v) is 4.22. The minimum atomic E-state index is -0.691. The average molecular weight is 284 g/mol. The van der Waals surface area contributed by atoms with E-state index in [1.165, 1.54) is 18.3 Å². The Kier molecular flexibility index (Phi) is 2.63. The fourth-order valence-electron chi connectivity index (χ4n) is 1.54. The van der Waals surface area contributed by atoms with Crippen molar-refractivity contribution < 1.29 is 14.0 Å². The van der Waals surface area contributed by atoms with Crippen molar-refractivity contribution in [3.8, 4) is 0 Å². The van der Waals surface area contributed by atoms with Crippen molar-refractivity contribution in [1.82, 2.24) is 4.98 Å². The first-order valence-corrected chi connectivity index (χ1v) is 5.32. The van der Waals surface area contributed by atoms with Crippen LogP contribution in [-0.4, -0.2) is 16.6 Å². The van der Waals surface area contributed by atoms with Crippen LogP contribution < -0.4 is 0 Å². The largest absolute Gasteiger partial charge is 0.359 e. The maximum atomic E-state index is 13.6. The molecule has 1 aromatic heterocycles. The summed E-state index contributed by atoms with van der Waals surface area (Å²) in [6.45, 7) is 1.16. The predicted molar refractivity (Wildman–Crippen MR) is 61.0 cm³/mol. The van der Waals surface area contributed by atoms with Gasteiger partial charge in [-0.2, -0.15) is 0 Å². The fraction of sp³-hybridized carbons (Fsp3) is 0.0909. The Labute approximate surface area is 98.8 Å². The molecule has 0 saturated heterocycles. The number of hydrogen-bond acceptors (Lipinski definition) is 2. The highest BCUT2D eigenvalue weighted by Crippen LogP contribution is 2.28. The summed E-state index contributed by atoms with van der Waals surface area (Å²) in [4.78, 5) is 25.3. The number of aromatic amines is 1. The number of fused-ring (bicyclic) bond motifs is 1. The maximum absolute atomic E-state index is 13.6. The van der Waals surface area contributed by atoms with Crippen molar-refractivity contribution in [2.75, 3.05) is 0 Å². The first-order valence-electron chi connectivity index (χ1n) is 4.52. The summed E-state index contributed by atoms with van der Waals surface area (Å²) in [6, 6.07) is 2.79. The summed E-state index contributed by atoms with van der Waals surface area (Å²) in [5.74, 6) is -1.83. The molecule has 2 aromatic rings. The Morgan fingerprint density at radius 3 is 2.69 bits per heavy atom. The Hall–Kier alpha value is -1.49. The van der Waals surface area contributed by atoms with Crippen LogP contribution in [0.15, 0.2) is 22.8 Å². The third-order valence-electron chi connectivity index (χ3n) is 2.30. The highest BCUT2D eigenvalue weighted by molar-refractivity contribution is 9.10. The van der Waals surface area contributed by atoms with Gasteiger partial charge < -0.3 is 4.98 Å². The quantitative estimate of drug-likeness (QED) is 0.681.